The van der Waals surface area contributed by atoms with E-state index in [4.69, 9.17) is 15.5 Å². The Morgan fingerprint density at radius 2 is 1.95 bits per heavy atom. The van der Waals surface area contributed by atoms with Crippen LogP contribution >= 0.6 is 11.3 Å². The molecule has 2 N–H and O–H groups in total. The van der Waals surface area contributed by atoms with Crippen molar-refractivity contribution in [1.29, 1.82) is 5.26 Å². The zero-order valence-electron chi connectivity index (χ0n) is 22.1. The summed E-state index contributed by atoms with van der Waals surface area (Å²) in [5, 5.41) is 10.3. The van der Waals surface area contributed by atoms with E-state index in [9.17, 15) is 10.1 Å². The van der Waals surface area contributed by atoms with Crippen LogP contribution in [0.15, 0.2) is 53.5 Å². The highest BCUT2D eigenvalue weighted by molar-refractivity contribution is 7.16. The fourth-order valence-corrected chi connectivity index (χ4v) is 5.38. The highest BCUT2D eigenvalue weighted by Gasteiger charge is 2.24. The molecule has 3 aromatic heterocycles. The Hall–Kier alpha value is -4.89. The van der Waals surface area contributed by atoms with Gasteiger partial charge in [0.05, 0.1) is 40.8 Å². The van der Waals surface area contributed by atoms with E-state index in [0.717, 1.165) is 17.8 Å². The van der Waals surface area contributed by atoms with Crippen LogP contribution in [0, 0.1) is 24.1 Å². The molecule has 40 heavy (non-hydrogen) atoms. The van der Waals surface area contributed by atoms with Crippen LogP contribution in [0.3, 0.4) is 0 Å². The first-order valence-electron chi connectivity index (χ1n) is 12.4. The van der Waals surface area contributed by atoms with Crippen molar-refractivity contribution in [3.05, 3.63) is 81.9 Å². The number of ether oxygens (including phenoxy) is 1. The molecular formula is C28H25FN8O2S. The number of halogens is 1. The number of thiazole rings is 1. The van der Waals surface area contributed by atoms with Crippen molar-refractivity contribution >= 4 is 34.0 Å². The van der Waals surface area contributed by atoms with Gasteiger partial charge in [-0.25, -0.2) is 19.3 Å². The monoisotopic (exact) mass is 556 g/mol. The molecule has 3 heterocycles. The number of para-hydroxylation sites is 1. The van der Waals surface area contributed by atoms with Crippen LogP contribution in [-0.2, 0) is 6.54 Å². The van der Waals surface area contributed by atoms with Gasteiger partial charge in [-0.1, -0.05) is 36.5 Å². The molecule has 202 valence electrons. The van der Waals surface area contributed by atoms with Gasteiger partial charge in [0.1, 0.15) is 23.3 Å². The third kappa shape index (κ3) is 4.83. The molecule has 0 aliphatic heterocycles. The number of nitrogen functional groups attached to an aromatic ring is 1. The predicted molar refractivity (Wildman–Crippen MR) is 152 cm³/mol. The van der Waals surface area contributed by atoms with Crippen LogP contribution in [0.1, 0.15) is 30.4 Å². The maximum absolute atomic E-state index is 15.3. The number of nitrogens with zero attached hydrogens (tertiary/aromatic N) is 7. The van der Waals surface area contributed by atoms with Gasteiger partial charge in [0.2, 0.25) is 5.95 Å². The first-order chi connectivity index (χ1) is 19.4. The lowest BCUT2D eigenvalue weighted by Gasteiger charge is -2.26. The standard InChI is InChI=1S/C28H25FN8O2S/c1-4-12-36(25-18(13-30)16(2)33-27(31)35-25)15-22-34-20-11-10-19(29)23(21-14-32-28(39-3)40-21)24(20)26(38)37(22)17-8-6-5-7-9-17/h5-11,14H,4,12,15H2,1-3H3,(H2,31,33,35). The van der Waals surface area contributed by atoms with E-state index in [1.54, 1.807) is 19.1 Å². The summed E-state index contributed by atoms with van der Waals surface area (Å²) in [6.45, 7) is 4.32. The lowest BCUT2D eigenvalue weighted by atomic mass is 10.1. The average molecular weight is 557 g/mol. The molecule has 0 unspecified atom stereocenters. The summed E-state index contributed by atoms with van der Waals surface area (Å²) >= 11 is 1.14. The molecule has 0 radical (unpaired) electrons. The van der Waals surface area contributed by atoms with Crippen molar-refractivity contribution < 1.29 is 9.13 Å². The van der Waals surface area contributed by atoms with Gasteiger partial charge in [-0.2, -0.15) is 10.2 Å². The van der Waals surface area contributed by atoms with Gasteiger partial charge in [-0.05, 0) is 37.6 Å². The number of fused-ring (bicyclic) bond motifs is 1. The molecule has 0 amide bonds. The van der Waals surface area contributed by atoms with Crippen molar-refractivity contribution in [2.45, 2.75) is 26.8 Å². The van der Waals surface area contributed by atoms with E-state index in [-0.39, 0.29) is 23.4 Å². The van der Waals surface area contributed by atoms with Gasteiger partial charge < -0.3 is 15.4 Å². The molecule has 5 rings (SSSR count). The van der Waals surface area contributed by atoms with Crippen LogP contribution < -0.4 is 20.9 Å². The summed E-state index contributed by atoms with van der Waals surface area (Å²) in [7, 11) is 1.48. The second-order valence-corrected chi connectivity index (χ2v) is 9.91. The van der Waals surface area contributed by atoms with Gasteiger partial charge >= 0.3 is 0 Å². The van der Waals surface area contributed by atoms with Crippen LogP contribution in [0.25, 0.3) is 27.0 Å². The minimum Gasteiger partial charge on any atom is -0.473 e. The van der Waals surface area contributed by atoms with E-state index in [1.165, 1.54) is 30.0 Å². The Balaban J connectivity index is 1.78. The smallest absolute Gasteiger partial charge is 0.273 e. The predicted octanol–water partition coefficient (Wildman–Crippen LogP) is 4.63. The van der Waals surface area contributed by atoms with Crippen molar-refractivity contribution in [3.8, 4) is 27.4 Å². The van der Waals surface area contributed by atoms with Crippen molar-refractivity contribution in [3.63, 3.8) is 0 Å². The second kappa shape index (κ2) is 11.1. The molecule has 0 aliphatic rings. The number of anilines is 2. The first kappa shape index (κ1) is 26.7. The third-order valence-corrected chi connectivity index (χ3v) is 7.28. The normalized spacial score (nSPS) is 11.0. The largest absolute Gasteiger partial charge is 0.473 e. The van der Waals surface area contributed by atoms with Crippen LogP contribution in [0.5, 0.6) is 5.19 Å². The van der Waals surface area contributed by atoms with Crippen LogP contribution in [-0.4, -0.2) is 38.2 Å². The van der Waals surface area contributed by atoms with Crippen molar-refractivity contribution in [1.82, 2.24) is 24.5 Å². The summed E-state index contributed by atoms with van der Waals surface area (Å²) in [6, 6.07) is 14.0. The molecular weight excluding hydrogens is 531 g/mol. The van der Waals surface area contributed by atoms with Crippen molar-refractivity contribution in [2.24, 2.45) is 0 Å². The Morgan fingerprint density at radius 1 is 1.18 bits per heavy atom. The Labute approximate surface area is 233 Å². The highest BCUT2D eigenvalue weighted by Crippen LogP contribution is 2.36. The maximum Gasteiger partial charge on any atom is 0.273 e. The van der Waals surface area contributed by atoms with Gasteiger partial charge in [-0.15, -0.1) is 0 Å². The molecule has 10 nitrogen and oxygen atoms in total. The number of methoxy groups -OCH3 is 1. The quantitative estimate of drug-likeness (QED) is 0.290. The first-order valence-corrected chi connectivity index (χ1v) is 13.3. The zero-order chi connectivity index (χ0) is 28.4. The molecule has 0 spiro atoms. The molecule has 0 aliphatic carbocycles. The summed E-state index contributed by atoms with van der Waals surface area (Å²) in [6.07, 6.45) is 2.20. The number of benzene rings is 2. The Kier molecular flexibility index (Phi) is 7.39. The highest BCUT2D eigenvalue weighted by atomic mass is 32.1. The Bertz CT molecular complexity index is 1810. The molecule has 5 aromatic rings. The number of hydrogen-bond donors (Lipinski definition) is 1. The van der Waals surface area contributed by atoms with Crippen molar-refractivity contribution in [2.75, 3.05) is 24.3 Å². The average Bonchev–Trinajstić information content (AvgIpc) is 3.42. The van der Waals surface area contributed by atoms with E-state index >= 15 is 4.39 Å². The SMILES string of the molecule is CCCN(Cc1nc2ccc(F)c(-c3cnc(OC)s3)c2c(=O)n1-c1ccccc1)c1nc(N)nc(C)c1C#N. The molecule has 0 bridgehead atoms. The van der Waals surface area contributed by atoms with Gasteiger partial charge in [0, 0.05) is 18.3 Å². The van der Waals surface area contributed by atoms with Gasteiger partial charge in [0.25, 0.3) is 10.8 Å². The minimum absolute atomic E-state index is 0.0413. The third-order valence-electron chi connectivity index (χ3n) is 6.30. The van der Waals surface area contributed by atoms with E-state index in [1.807, 2.05) is 30.0 Å². The number of hydrogen-bond acceptors (Lipinski definition) is 10. The number of aromatic nitrogens is 5. The fourth-order valence-electron chi connectivity index (χ4n) is 4.59. The molecule has 12 heteroatoms. The minimum atomic E-state index is -0.566. The molecule has 0 saturated carbocycles. The second-order valence-electron chi connectivity index (χ2n) is 8.91. The summed E-state index contributed by atoms with van der Waals surface area (Å²) in [4.78, 5) is 34.1. The summed E-state index contributed by atoms with van der Waals surface area (Å²) in [5.41, 5.74) is 7.26. The topological polar surface area (TPSA) is 136 Å². The molecule has 0 saturated heterocycles. The maximum atomic E-state index is 15.3. The molecule has 2 aromatic carbocycles. The van der Waals surface area contributed by atoms with Crippen LogP contribution in [0.2, 0.25) is 0 Å². The number of nitrogens with two attached hydrogens (primary N) is 1. The van der Waals surface area contributed by atoms with Crippen LogP contribution in [0.4, 0.5) is 16.2 Å². The summed E-state index contributed by atoms with van der Waals surface area (Å²) in [5.74, 6) is 0.220. The van der Waals surface area contributed by atoms with E-state index in [0.29, 0.717) is 50.7 Å². The van der Waals surface area contributed by atoms with Gasteiger partial charge in [0.15, 0.2) is 5.82 Å². The lowest BCUT2D eigenvalue weighted by molar-refractivity contribution is 0.412. The fraction of sp³-hybridized carbons (Fsp3) is 0.214. The zero-order valence-corrected chi connectivity index (χ0v) is 22.9. The lowest BCUT2D eigenvalue weighted by Crippen LogP contribution is -2.32. The number of rotatable bonds is 8. The molecule has 0 atom stereocenters. The van der Waals surface area contributed by atoms with E-state index < -0.39 is 11.4 Å². The summed E-state index contributed by atoms with van der Waals surface area (Å²) < 4.78 is 22.0. The Morgan fingerprint density at radius 3 is 2.62 bits per heavy atom. The molecule has 0 fully saturated rings. The van der Waals surface area contributed by atoms with E-state index in [2.05, 4.69) is 21.0 Å². The van der Waals surface area contributed by atoms with Gasteiger partial charge in [-0.3, -0.25) is 9.36 Å². The number of nitriles is 1. The number of aryl methyl sites for hydroxylation is 1.